The number of benzene rings is 2. The minimum Gasteiger partial charge on any atom is -0.497 e. The largest absolute Gasteiger partial charge is 0.497 e. The van der Waals surface area contributed by atoms with E-state index in [9.17, 15) is 14.0 Å². The summed E-state index contributed by atoms with van der Waals surface area (Å²) in [6, 6.07) is 13.7. The summed E-state index contributed by atoms with van der Waals surface area (Å²) in [4.78, 5) is 24.8. The summed E-state index contributed by atoms with van der Waals surface area (Å²) in [5, 5.41) is 5.78. The van der Waals surface area contributed by atoms with E-state index in [4.69, 9.17) is 4.74 Å². The van der Waals surface area contributed by atoms with Crippen LogP contribution in [0, 0.1) is 17.7 Å². The lowest BCUT2D eigenvalue weighted by molar-refractivity contribution is -0.128. The summed E-state index contributed by atoms with van der Waals surface area (Å²) in [5.74, 6) is 0.205. The molecule has 2 aromatic carbocycles. The van der Waals surface area contributed by atoms with Crippen LogP contribution >= 0.6 is 0 Å². The van der Waals surface area contributed by atoms with Gasteiger partial charge < -0.3 is 15.4 Å². The second-order valence-electron chi connectivity index (χ2n) is 7.44. The Hall–Kier alpha value is -2.89. The smallest absolute Gasteiger partial charge is 0.227 e. The fourth-order valence-corrected chi connectivity index (χ4v) is 3.69. The molecule has 0 saturated heterocycles. The molecule has 1 saturated carbocycles. The number of carbonyl (C=O) groups excluding carboxylic acids is 2. The summed E-state index contributed by atoms with van der Waals surface area (Å²) in [7, 11) is 1.63. The number of halogens is 1. The summed E-state index contributed by atoms with van der Waals surface area (Å²) >= 11 is 0. The van der Waals surface area contributed by atoms with Gasteiger partial charge in [-0.1, -0.05) is 18.2 Å². The molecule has 1 fully saturated rings. The number of amides is 2. The van der Waals surface area contributed by atoms with Crippen molar-refractivity contribution in [1.82, 2.24) is 5.32 Å². The maximum atomic E-state index is 13.2. The standard InChI is InChI=1S/C23H27FN2O3/c1-29-21-11-5-16(6-12-21)13-14-25-22(27)17-7-9-18(10-8-17)23(28)26-20-4-2-3-19(24)15-20/h2-6,11-12,15,17-18H,7-10,13-14H2,1H3,(H,25,27)(H,26,28). The molecule has 2 N–H and O–H groups in total. The van der Waals surface area contributed by atoms with E-state index in [1.807, 2.05) is 24.3 Å². The number of methoxy groups -OCH3 is 1. The minimum absolute atomic E-state index is 0.0518. The first-order valence-electron chi connectivity index (χ1n) is 10.0. The van der Waals surface area contributed by atoms with Crippen molar-refractivity contribution in [2.75, 3.05) is 19.0 Å². The molecule has 6 heteroatoms. The molecular formula is C23H27FN2O3. The second kappa shape index (κ2) is 10.0. The number of hydrogen-bond donors (Lipinski definition) is 2. The molecule has 3 rings (SSSR count). The lowest BCUT2D eigenvalue weighted by Crippen LogP contribution is -2.36. The highest BCUT2D eigenvalue weighted by atomic mass is 19.1. The molecule has 0 unspecified atom stereocenters. The third kappa shape index (κ3) is 6.04. The third-order valence-corrected chi connectivity index (χ3v) is 5.43. The van der Waals surface area contributed by atoms with Crippen molar-refractivity contribution in [1.29, 1.82) is 0 Å². The lowest BCUT2D eigenvalue weighted by Gasteiger charge is -2.27. The molecule has 0 spiro atoms. The van der Waals surface area contributed by atoms with Gasteiger partial charge in [-0.15, -0.1) is 0 Å². The number of carbonyl (C=O) groups is 2. The average molecular weight is 398 g/mol. The maximum Gasteiger partial charge on any atom is 0.227 e. The molecular weight excluding hydrogens is 371 g/mol. The van der Waals surface area contributed by atoms with E-state index in [-0.39, 0.29) is 29.5 Å². The van der Waals surface area contributed by atoms with Crippen LogP contribution in [0.4, 0.5) is 10.1 Å². The molecule has 0 heterocycles. The number of anilines is 1. The number of hydrogen-bond acceptors (Lipinski definition) is 3. The monoisotopic (exact) mass is 398 g/mol. The van der Waals surface area contributed by atoms with Crippen LogP contribution in [0.5, 0.6) is 5.75 Å². The van der Waals surface area contributed by atoms with Gasteiger partial charge in [-0.2, -0.15) is 0 Å². The molecule has 29 heavy (non-hydrogen) atoms. The van der Waals surface area contributed by atoms with Crippen molar-refractivity contribution in [3.63, 3.8) is 0 Å². The van der Waals surface area contributed by atoms with E-state index >= 15 is 0 Å². The molecule has 1 aliphatic rings. The quantitative estimate of drug-likeness (QED) is 0.742. The normalized spacial score (nSPS) is 18.7. The fourth-order valence-electron chi connectivity index (χ4n) is 3.69. The Morgan fingerprint density at radius 2 is 1.66 bits per heavy atom. The van der Waals surface area contributed by atoms with Gasteiger partial charge in [0.15, 0.2) is 0 Å². The van der Waals surface area contributed by atoms with Gasteiger partial charge in [0.1, 0.15) is 11.6 Å². The van der Waals surface area contributed by atoms with Crippen LogP contribution in [0.3, 0.4) is 0 Å². The van der Waals surface area contributed by atoms with E-state index in [1.165, 1.54) is 12.1 Å². The van der Waals surface area contributed by atoms with Gasteiger partial charge >= 0.3 is 0 Å². The van der Waals surface area contributed by atoms with Gasteiger partial charge in [0.25, 0.3) is 0 Å². The molecule has 154 valence electrons. The Morgan fingerprint density at radius 3 is 2.28 bits per heavy atom. The Labute approximate surface area is 170 Å². The van der Waals surface area contributed by atoms with Crippen molar-refractivity contribution in [3.8, 4) is 5.75 Å². The van der Waals surface area contributed by atoms with Crippen LogP contribution in [0.1, 0.15) is 31.2 Å². The van der Waals surface area contributed by atoms with Crippen LogP contribution < -0.4 is 15.4 Å². The number of ether oxygens (including phenoxy) is 1. The van der Waals surface area contributed by atoms with E-state index < -0.39 is 0 Å². The highest BCUT2D eigenvalue weighted by Gasteiger charge is 2.29. The Morgan fingerprint density at radius 1 is 1.00 bits per heavy atom. The van der Waals surface area contributed by atoms with Gasteiger partial charge in [0.2, 0.25) is 11.8 Å². The molecule has 2 aromatic rings. The number of rotatable bonds is 7. The summed E-state index contributed by atoms with van der Waals surface area (Å²) in [6.07, 6.45) is 3.47. The van der Waals surface area contributed by atoms with Crippen molar-refractivity contribution < 1.29 is 18.7 Å². The molecule has 0 bridgehead atoms. The Kier molecular flexibility index (Phi) is 7.22. The van der Waals surface area contributed by atoms with E-state index in [0.29, 0.717) is 37.9 Å². The predicted octanol–water partition coefficient (Wildman–Crippen LogP) is 3.94. The molecule has 0 atom stereocenters. The van der Waals surface area contributed by atoms with E-state index in [0.717, 1.165) is 17.7 Å². The molecule has 2 amide bonds. The van der Waals surface area contributed by atoms with Gasteiger partial charge in [-0.05, 0) is 68.0 Å². The zero-order valence-electron chi connectivity index (χ0n) is 16.6. The first-order chi connectivity index (χ1) is 14.0. The molecule has 0 aromatic heterocycles. The number of nitrogens with one attached hydrogen (secondary N) is 2. The second-order valence-corrected chi connectivity index (χ2v) is 7.44. The van der Waals surface area contributed by atoms with Crippen LogP contribution in [0.25, 0.3) is 0 Å². The zero-order chi connectivity index (χ0) is 20.6. The summed E-state index contributed by atoms with van der Waals surface area (Å²) in [5.41, 5.74) is 1.61. The van der Waals surface area contributed by atoms with Gasteiger partial charge in [0, 0.05) is 24.1 Å². The summed E-state index contributed by atoms with van der Waals surface area (Å²) in [6.45, 7) is 0.588. The molecule has 0 radical (unpaired) electrons. The SMILES string of the molecule is COc1ccc(CCNC(=O)C2CCC(C(=O)Nc3cccc(F)c3)CC2)cc1. The topological polar surface area (TPSA) is 67.4 Å². The Bertz CT molecular complexity index is 830. The third-order valence-electron chi connectivity index (χ3n) is 5.43. The van der Waals surface area contributed by atoms with Crippen LogP contribution in [-0.2, 0) is 16.0 Å². The van der Waals surface area contributed by atoms with Crippen molar-refractivity contribution in [2.45, 2.75) is 32.1 Å². The van der Waals surface area contributed by atoms with Crippen LogP contribution in [-0.4, -0.2) is 25.5 Å². The first-order valence-corrected chi connectivity index (χ1v) is 10.0. The van der Waals surface area contributed by atoms with Crippen LogP contribution in [0.2, 0.25) is 0 Å². The first kappa shape index (κ1) is 20.8. The van der Waals surface area contributed by atoms with Gasteiger partial charge in [-0.25, -0.2) is 4.39 Å². The van der Waals surface area contributed by atoms with E-state index in [1.54, 1.807) is 19.2 Å². The van der Waals surface area contributed by atoms with Crippen molar-refractivity contribution in [3.05, 3.63) is 59.9 Å². The van der Waals surface area contributed by atoms with Gasteiger partial charge in [-0.3, -0.25) is 9.59 Å². The zero-order valence-corrected chi connectivity index (χ0v) is 16.6. The Balaban J connectivity index is 1.39. The highest BCUT2D eigenvalue weighted by Crippen LogP contribution is 2.30. The van der Waals surface area contributed by atoms with Crippen LogP contribution in [0.15, 0.2) is 48.5 Å². The highest BCUT2D eigenvalue weighted by molar-refractivity contribution is 5.92. The van der Waals surface area contributed by atoms with Gasteiger partial charge in [0.05, 0.1) is 7.11 Å². The minimum atomic E-state index is -0.377. The average Bonchev–Trinajstić information content (AvgIpc) is 2.74. The van der Waals surface area contributed by atoms with E-state index in [2.05, 4.69) is 10.6 Å². The fraction of sp³-hybridized carbons (Fsp3) is 0.391. The molecule has 5 nitrogen and oxygen atoms in total. The van der Waals surface area contributed by atoms with Crippen molar-refractivity contribution >= 4 is 17.5 Å². The lowest BCUT2D eigenvalue weighted by atomic mass is 9.81. The molecule has 0 aliphatic heterocycles. The molecule has 1 aliphatic carbocycles. The summed E-state index contributed by atoms with van der Waals surface area (Å²) < 4.78 is 18.4. The van der Waals surface area contributed by atoms with Crippen molar-refractivity contribution in [2.24, 2.45) is 11.8 Å². The maximum absolute atomic E-state index is 13.2. The predicted molar refractivity (Wildman–Crippen MR) is 110 cm³/mol.